The Morgan fingerprint density at radius 3 is 2.43 bits per heavy atom. The van der Waals surface area contributed by atoms with Crippen molar-refractivity contribution in [2.75, 3.05) is 7.05 Å². The molecule has 78 valence electrons. The van der Waals surface area contributed by atoms with Gasteiger partial charge in [0, 0.05) is 17.9 Å². The molecule has 2 nitrogen and oxygen atoms in total. The van der Waals surface area contributed by atoms with E-state index in [-0.39, 0.29) is 5.41 Å². The van der Waals surface area contributed by atoms with Gasteiger partial charge in [-0.3, -0.25) is 4.98 Å². The number of hydrogen-bond acceptors (Lipinski definition) is 2. The Labute approximate surface area is 86.8 Å². The Morgan fingerprint density at radius 2 is 2.00 bits per heavy atom. The highest BCUT2D eigenvalue weighted by atomic mass is 14.9. The third-order valence-corrected chi connectivity index (χ3v) is 2.51. The van der Waals surface area contributed by atoms with Gasteiger partial charge >= 0.3 is 0 Å². The largest absolute Gasteiger partial charge is 0.312 e. The topological polar surface area (TPSA) is 24.9 Å². The van der Waals surface area contributed by atoms with Crippen LogP contribution in [0.3, 0.4) is 0 Å². The normalized spacial score (nSPS) is 14.1. The van der Waals surface area contributed by atoms with Crippen LogP contribution < -0.4 is 5.32 Å². The molecule has 0 saturated carbocycles. The van der Waals surface area contributed by atoms with E-state index in [2.05, 4.69) is 44.1 Å². The number of hydrogen-bond donors (Lipinski definition) is 1. The molecule has 0 aliphatic heterocycles. The number of pyridine rings is 1. The van der Waals surface area contributed by atoms with Crippen LogP contribution >= 0.6 is 0 Å². The number of nitrogens with one attached hydrogen (secondary N) is 1. The van der Waals surface area contributed by atoms with E-state index in [4.69, 9.17) is 0 Å². The first-order valence-corrected chi connectivity index (χ1v) is 5.05. The quantitative estimate of drug-likeness (QED) is 0.779. The van der Waals surface area contributed by atoms with Gasteiger partial charge in [0.15, 0.2) is 0 Å². The molecule has 1 aromatic heterocycles. The molecule has 0 aliphatic carbocycles. The maximum absolute atomic E-state index is 4.32. The molecule has 1 heterocycles. The molecule has 0 radical (unpaired) electrons. The van der Waals surface area contributed by atoms with E-state index < -0.39 is 0 Å². The molecule has 14 heavy (non-hydrogen) atoms. The molecule has 0 saturated heterocycles. The van der Waals surface area contributed by atoms with Gasteiger partial charge in [-0.2, -0.15) is 0 Å². The summed E-state index contributed by atoms with van der Waals surface area (Å²) in [5.74, 6) is 0. The van der Waals surface area contributed by atoms with Gasteiger partial charge in [-0.05, 0) is 31.0 Å². The molecule has 2 heteroatoms. The highest BCUT2D eigenvalue weighted by molar-refractivity contribution is 5.24. The highest BCUT2D eigenvalue weighted by Crippen LogP contribution is 2.33. The lowest BCUT2D eigenvalue weighted by molar-refractivity contribution is 0.285. The van der Waals surface area contributed by atoms with Gasteiger partial charge in [-0.1, -0.05) is 26.8 Å². The van der Waals surface area contributed by atoms with Crippen molar-refractivity contribution in [1.82, 2.24) is 10.3 Å². The number of aryl methyl sites for hydroxylation is 1. The van der Waals surface area contributed by atoms with Crippen molar-refractivity contribution < 1.29 is 0 Å². The first-order chi connectivity index (χ1) is 6.46. The maximum Gasteiger partial charge on any atom is 0.0420 e. The third-order valence-electron chi connectivity index (χ3n) is 2.51. The minimum absolute atomic E-state index is 0.211. The molecule has 1 rings (SSSR count). The van der Waals surface area contributed by atoms with Gasteiger partial charge in [0.05, 0.1) is 0 Å². The van der Waals surface area contributed by atoms with Gasteiger partial charge in [0.25, 0.3) is 0 Å². The smallest absolute Gasteiger partial charge is 0.0420 e. The monoisotopic (exact) mass is 192 g/mol. The zero-order valence-corrected chi connectivity index (χ0v) is 9.76. The van der Waals surface area contributed by atoms with Crippen LogP contribution in [-0.4, -0.2) is 12.0 Å². The van der Waals surface area contributed by atoms with E-state index in [1.807, 2.05) is 19.3 Å². The van der Waals surface area contributed by atoms with Crippen LogP contribution in [0.25, 0.3) is 0 Å². The average molecular weight is 192 g/mol. The molecule has 1 aromatic rings. The van der Waals surface area contributed by atoms with Crippen molar-refractivity contribution in [2.24, 2.45) is 5.41 Å². The average Bonchev–Trinajstić information content (AvgIpc) is 2.07. The molecule has 1 atom stereocenters. The zero-order chi connectivity index (χ0) is 10.8. The number of nitrogens with zero attached hydrogens (tertiary/aromatic N) is 1. The summed E-state index contributed by atoms with van der Waals surface area (Å²) < 4.78 is 0. The molecular weight excluding hydrogens is 172 g/mol. The van der Waals surface area contributed by atoms with Crippen molar-refractivity contribution in [3.8, 4) is 0 Å². The fraction of sp³-hybridized carbons (Fsp3) is 0.583. The maximum atomic E-state index is 4.32. The van der Waals surface area contributed by atoms with Crippen LogP contribution in [0.2, 0.25) is 0 Å². The SMILES string of the molecule is CNC(c1cccnc1C)C(C)(C)C. The Kier molecular flexibility index (Phi) is 3.27. The summed E-state index contributed by atoms with van der Waals surface area (Å²) in [5.41, 5.74) is 2.62. The molecular formula is C12H20N2. The predicted octanol–water partition coefficient (Wildman–Crippen LogP) is 2.70. The summed E-state index contributed by atoms with van der Waals surface area (Å²) >= 11 is 0. The first kappa shape index (κ1) is 11.2. The summed E-state index contributed by atoms with van der Waals surface area (Å²) in [5, 5.41) is 3.36. The van der Waals surface area contributed by atoms with Crippen molar-refractivity contribution in [2.45, 2.75) is 33.7 Å². The summed E-state index contributed by atoms with van der Waals surface area (Å²) in [6.07, 6.45) is 1.84. The molecule has 0 aromatic carbocycles. The lowest BCUT2D eigenvalue weighted by Gasteiger charge is -2.31. The van der Waals surface area contributed by atoms with E-state index in [0.717, 1.165) is 5.69 Å². The van der Waals surface area contributed by atoms with Crippen LogP contribution in [0.15, 0.2) is 18.3 Å². The van der Waals surface area contributed by atoms with E-state index in [1.54, 1.807) is 0 Å². The second-order valence-electron chi connectivity index (χ2n) is 4.77. The van der Waals surface area contributed by atoms with Crippen molar-refractivity contribution in [3.63, 3.8) is 0 Å². The molecule has 0 aliphatic rings. The fourth-order valence-corrected chi connectivity index (χ4v) is 1.86. The van der Waals surface area contributed by atoms with E-state index >= 15 is 0 Å². The minimum atomic E-state index is 0.211. The van der Waals surface area contributed by atoms with Crippen molar-refractivity contribution >= 4 is 0 Å². The standard InChI is InChI=1S/C12H20N2/c1-9-10(7-6-8-14-9)11(13-5)12(2,3)4/h6-8,11,13H,1-5H3. The van der Waals surface area contributed by atoms with Gasteiger partial charge in [0.1, 0.15) is 0 Å². The van der Waals surface area contributed by atoms with Crippen LogP contribution in [0.4, 0.5) is 0 Å². The third kappa shape index (κ3) is 2.32. The molecule has 0 spiro atoms. The Morgan fingerprint density at radius 1 is 1.36 bits per heavy atom. The summed E-state index contributed by atoms with van der Waals surface area (Å²) in [6.45, 7) is 8.77. The Bertz CT molecular complexity index is 299. The summed E-state index contributed by atoms with van der Waals surface area (Å²) in [7, 11) is 2.00. The molecule has 1 unspecified atom stereocenters. The van der Waals surface area contributed by atoms with E-state index in [0.29, 0.717) is 6.04 Å². The van der Waals surface area contributed by atoms with Gasteiger partial charge < -0.3 is 5.32 Å². The fourth-order valence-electron chi connectivity index (χ4n) is 1.86. The molecule has 1 N–H and O–H groups in total. The van der Waals surface area contributed by atoms with E-state index in [9.17, 15) is 0 Å². The number of aromatic nitrogens is 1. The zero-order valence-electron chi connectivity index (χ0n) is 9.76. The molecule has 0 fully saturated rings. The predicted molar refractivity (Wildman–Crippen MR) is 60.2 cm³/mol. The van der Waals surface area contributed by atoms with Crippen LogP contribution in [0.5, 0.6) is 0 Å². The molecule has 0 bridgehead atoms. The van der Waals surface area contributed by atoms with Gasteiger partial charge in [0.2, 0.25) is 0 Å². The van der Waals surface area contributed by atoms with Crippen LogP contribution in [0.1, 0.15) is 38.1 Å². The lowest BCUT2D eigenvalue weighted by atomic mass is 9.82. The second kappa shape index (κ2) is 4.09. The van der Waals surface area contributed by atoms with E-state index in [1.165, 1.54) is 5.56 Å². The second-order valence-corrected chi connectivity index (χ2v) is 4.77. The van der Waals surface area contributed by atoms with Crippen molar-refractivity contribution in [1.29, 1.82) is 0 Å². The Balaban J connectivity index is 3.08. The van der Waals surface area contributed by atoms with Gasteiger partial charge in [-0.25, -0.2) is 0 Å². The summed E-state index contributed by atoms with van der Waals surface area (Å²) in [4.78, 5) is 4.32. The Hall–Kier alpha value is -0.890. The van der Waals surface area contributed by atoms with Crippen LogP contribution in [0, 0.1) is 12.3 Å². The van der Waals surface area contributed by atoms with Gasteiger partial charge in [-0.15, -0.1) is 0 Å². The van der Waals surface area contributed by atoms with Crippen LogP contribution in [-0.2, 0) is 0 Å². The number of rotatable bonds is 2. The molecule has 0 amide bonds. The first-order valence-electron chi connectivity index (χ1n) is 5.05. The van der Waals surface area contributed by atoms with Crippen molar-refractivity contribution in [3.05, 3.63) is 29.6 Å². The minimum Gasteiger partial charge on any atom is -0.312 e. The summed E-state index contributed by atoms with van der Waals surface area (Å²) in [6, 6.07) is 4.50. The lowest BCUT2D eigenvalue weighted by Crippen LogP contribution is -2.30. The highest BCUT2D eigenvalue weighted by Gasteiger charge is 2.25.